The number of allylic oxidation sites excluding steroid dienone is 4. The molecule has 2 aromatic rings. The fourth-order valence-electron chi connectivity index (χ4n) is 2.01. The summed E-state index contributed by atoms with van der Waals surface area (Å²) in [4.78, 5) is 0. The summed E-state index contributed by atoms with van der Waals surface area (Å²) in [5.74, 6) is -0.201. The van der Waals surface area contributed by atoms with Crippen molar-refractivity contribution in [2.24, 2.45) is 0 Å². The average molecular weight is 337 g/mol. The number of nitrogens with one attached hydrogen (secondary N) is 1. The Morgan fingerprint density at radius 3 is 2.00 bits per heavy atom. The highest BCUT2D eigenvalue weighted by Gasteiger charge is 2.05. The zero-order valence-corrected chi connectivity index (χ0v) is 14.7. The normalized spacial score (nSPS) is 10.3. The summed E-state index contributed by atoms with van der Waals surface area (Å²) in [5, 5.41) is 12.4. The zero-order chi connectivity index (χ0) is 18.8. The lowest BCUT2D eigenvalue weighted by Crippen LogP contribution is -1.97. The summed E-state index contributed by atoms with van der Waals surface area (Å²) in [6.45, 7) is 15.2. The van der Waals surface area contributed by atoms with Crippen molar-refractivity contribution in [2.45, 2.75) is 13.8 Å². The minimum absolute atomic E-state index is 0.207. The number of hydrogen-bond donors (Lipinski definition) is 2. The molecule has 2 nitrogen and oxygen atoms in total. The molecule has 25 heavy (non-hydrogen) atoms. The van der Waals surface area contributed by atoms with Crippen molar-refractivity contribution in [1.29, 1.82) is 0 Å². The van der Waals surface area contributed by atoms with E-state index in [0.717, 1.165) is 11.3 Å². The van der Waals surface area contributed by atoms with E-state index in [9.17, 15) is 9.50 Å². The summed E-state index contributed by atoms with van der Waals surface area (Å²) in [5.41, 5.74) is 3.41. The molecule has 0 atom stereocenters. The second kappa shape index (κ2) is 9.93. The van der Waals surface area contributed by atoms with Crippen molar-refractivity contribution in [3.63, 3.8) is 0 Å². The first kappa shape index (κ1) is 20.0. The molecule has 0 bridgehead atoms. The maximum Gasteiger partial charge on any atom is 0.130 e. The summed E-state index contributed by atoms with van der Waals surface area (Å²) >= 11 is 0. The van der Waals surface area contributed by atoms with Crippen LogP contribution in [-0.2, 0) is 0 Å². The topological polar surface area (TPSA) is 32.3 Å². The van der Waals surface area contributed by atoms with E-state index in [0.29, 0.717) is 16.8 Å². The van der Waals surface area contributed by atoms with Crippen LogP contribution in [0.1, 0.15) is 25.0 Å². The van der Waals surface area contributed by atoms with Gasteiger partial charge < -0.3 is 10.4 Å². The fourth-order valence-corrected chi connectivity index (χ4v) is 2.01. The molecule has 130 valence electrons. The van der Waals surface area contributed by atoms with Crippen LogP contribution in [-0.4, -0.2) is 5.11 Å². The van der Waals surface area contributed by atoms with E-state index < -0.39 is 5.83 Å². The quantitative estimate of drug-likeness (QED) is 0.462. The van der Waals surface area contributed by atoms with Crippen molar-refractivity contribution in [3.05, 3.63) is 97.4 Å². The fraction of sp³-hybridized carbons (Fsp3) is 0.0909. The molecule has 0 amide bonds. The van der Waals surface area contributed by atoms with Crippen LogP contribution in [0.2, 0.25) is 0 Å². The first-order chi connectivity index (χ1) is 12.0. The Morgan fingerprint density at radius 1 is 0.960 bits per heavy atom. The van der Waals surface area contributed by atoms with Crippen molar-refractivity contribution < 1.29 is 9.50 Å². The van der Waals surface area contributed by atoms with Gasteiger partial charge in [0.2, 0.25) is 0 Å². The highest BCUT2D eigenvalue weighted by molar-refractivity contribution is 5.79. The standard InChI is InChI=1S/C20H18FNO.C2H6/c1-4-5-20(21)14(2)16-6-8-17(9-7-16)15(3)22-18-10-12-19(23)13-11-18;1-2/h4-13,22-23H,1-3H2;1-2H3/b20-5+;. The monoisotopic (exact) mass is 337 g/mol. The van der Waals surface area contributed by atoms with E-state index in [1.54, 1.807) is 36.4 Å². The Morgan fingerprint density at radius 2 is 1.48 bits per heavy atom. The summed E-state index contributed by atoms with van der Waals surface area (Å²) in [7, 11) is 0. The van der Waals surface area contributed by atoms with Crippen LogP contribution in [0.4, 0.5) is 10.1 Å². The Kier molecular flexibility index (Phi) is 7.94. The van der Waals surface area contributed by atoms with Crippen molar-refractivity contribution in [1.82, 2.24) is 0 Å². The Hall–Kier alpha value is -3.07. The lowest BCUT2D eigenvalue weighted by atomic mass is 10.0. The predicted octanol–water partition coefficient (Wildman–Crippen LogP) is 6.55. The summed E-state index contributed by atoms with van der Waals surface area (Å²) < 4.78 is 13.7. The highest BCUT2D eigenvalue weighted by Crippen LogP contribution is 2.25. The van der Waals surface area contributed by atoms with Crippen LogP contribution in [0.25, 0.3) is 11.3 Å². The van der Waals surface area contributed by atoms with Crippen LogP contribution in [0, 0.1) is 0 Å². The minimum atomic E-state index is -0.409. The third-order valence-electron chi connectivity index (χ3n) is 3.30. The third kappa shape index (κ3) is 5.81. The molecule has 0 radical (unpaired) electrons. The summed E-state index contributed by atoms with van der Waals surface area (Å²) in [6.07, 6.45) is 2.67. The average Bonchev–Trinajstić information content (AvgIpc) is 2.65. The molecule has 0 aliphatic rings. The SMILES string of the molecule is C=C/C=C(/F)C(=C)c1ccc(C(=C)Nc2ccc(O)cc2)cc1.CC. The van der Waals surface area contributed by atoms with Gasteiger partial charge in [0.15, 0.2) is 0 Å². The van der Waals surface area contributed by atoms with Crippen LogP contribution in [0.3, 0.4) is 0 Å². The Balaban J connectivity index is 0.00000151. The van der Waals surface area contributed by atoms with Gasteiger partial charge in [0.25, 0.3) is 0 Å². The second-order valence-corrected chi connectivity index (χ2v) is 4.96. The molecule has 2 N–H and O–H groups in total. The number of anilines is 1. The van der Waals surface area contributed by atoms with Crippen LogP contribution < -0.4 is 5.32 Å². The van der Waals surface area contributed by atoms with E-state index in [1.165, 1.54) is 12.2 Å². The summed E-state index contributed by atoms with van der Waals surface area (Å²) in [6, 6.07) is 14.0. The second-order valence-electron chi connectivity index (χ2n) is 4.96. The molecular formula is C22H24FNO. The van der Waals surface area contributed by atoms with E-state index >= 15 is 0 Å². The number of phenols is 1. The maximum absolute atomic E-state index is 13.7. The number of rotatable bonds is 6. The largest absolute Gasteiger partial charge is 0.508 e. The first-order valence-corrected chi connectivity index (χ1v) is 8.04. The lowest BCUT2D eigenvalue weighted by molar-refractivity contribution is 0.475. The molecule has 0 fully saturated rings. The van der Waals surface area contributed by atoms with Gasteiger partial charge in [0.1, 0.15) is 11.6 Å². The zero-order valence-electron chi connectivity index (χ0n) is 14.7. The molecule has 0 heterocycles. The molecular weight excluding hydrogens is 313 g/mol. The molecule has 0 saturated carbocycles. The lowest BCUT2D eigenvalue weighted by Gasteiger charge is -2.11. The number of aromatic hydroxyl groups is 1. The molecule has 3 heteroatoms. The molecule has 0 aromatic heterocycles. The minimum Gasteiger partial charge on any atom is -0.508 e. The van der Waals surface area contributed by atoms with Crippen LogP contribution in [0.15, 0.2) is 86.2 Å². The molecule has 0 spiro atoms. The Bertz CT molecular complexity index is 756. The maximum atomic E-state index is 13.7. The molecule has 0 unspecified atom stereocenters. The smallest absolute Gasteiger partial charge is 0.130 e. The van der Waals surface area contributed by atoms with Crippen LogP contribution in [0.5, 0.6) is 5.75 Å². The third-order valence-corrected chi connectivity index (χ3v) is 3.30. The predicted molar refractivity (Wildman–Crippen MR) is 107 cm³/mol. The van der Waals surface area contributed by atoms with Crippen molar-refractivity contribution in [3.8, 4) is 5.75 Å². The Labute approximate surface area is 149 Å². The molecule has 0 saturated heterocycles. The first-order valence-electron chi connectivity index (χ1n) is 8.04. The number of phenolic OH excluding ortho intramolecular Hbond substituents is 1. The van der Waals surface area contributed by atoms with E-state index in [1.807, 2.05) is 26.0 Å². The molecule has 0 aliphatic carbocycles. The molecule has 2 aromatic carbocycles. The van der Waals surface area contributed by atoms with Crippen molar-refractivity contribution >= 4 is 17.0 Å². The number of halogens is 1. The molecule has 0 aliphatic heterocycles. The van der Waals surface area contributed by atoms with Gasteiger partial charge in [-0.3, -0.25) is 0 Å². The van der Waals surface area contributed by atoms with E-state index in [-0.39, 0.29) is 5.75 Å². The number of hydrogen-bond acceptors (Lipinski definition) is 2. The van der Waals surface area contributed by atoms with Gasteiger partial charge in [-0.1, -0.05) is 63.9 Å². The number of benzene rings is 2. The highest BCUT2D eigenvalue weighted by atomic mass is 19.1. The van der Waals surface area contributed by atoms with Gasteiger partial charge in [-0.15, -0.1) is 0 Å². The van der Waals surface area contributed by atoms with Gasteiger partial charge in [-0.05, 0) is 41.5 Å². The van der Waals surface area contributed by atoms with Gasteiger partial charge in [-0.25, -0.2) is 4.39 Å². The van der Waals surface area contributed by atoms with E-state index in [4.69, 9.17) is 0 Å². The van der Waals surface area contributed by atoms with E-state index in [2.05, 4.69) is 25.1 Å². The van der Waals surface area contributed by atoms with Crippen molar-refractivity contribution in [2.75, 3.05) is 5.32 Å². The van der Waals surface area contributed by atoms with Gasteiger partial charge in [0, 0.05) is 17.0 Å². The molecule has 2 rings (SSSR count). The van der Waals surface area contributed by atoms with Gasteiger partial charge in [0.05, 0.1) is 0 Å². The van der Waals surface area contributed by atoms with Crippen LogP contribution >= 0.6 is 0 Å². The van der Waals surface area contributed by atoms with Gasteiger partial charge >= 0.3 is 0 Å². The van der Waals surface area contributed by atoms with Gasteiger partial charge in [-0.2, -0.15) is 0 Å².